The summed E-state index contributed by atoms with van der Waals surface area (Å²) in [5.41, 5.74) is 2.89. The van der Waals surface area contributed by atoms with Crippen LogP contribution in [0.15, 0.2) is 78.9 Å². The second kappa shape index (κ2) is 14.0. The molecule has 214 valence electrons. The number of nitrogens with one attached hydrogen (secondary N) is 1. The maximum Gasteiger partial charge on any atom is 0.244 e. The van der Waals surface area contributed by atoms with Gasteiger partial charge in [-0.1, -0.05) is 68.4 Å². The molecule has 1 N–H and O–H groups in total. The fraction of sp³-hybridized carbons (Fsp3) is 0.355. The van der Waals surface area contributed by atoms with Crippen LogP contribution in [-0.4, -0.2) is 57.6 Å². The first-order chi connectivity index (χ1) is 19.0. The Kier molecular flexibility index (Phi) is 10.7. The largest absolute Gasteiger partial charge is 0.497 e. The summed E-state index contributed by atoms with van der Waals surface area (Å²) in [6, 6.07) is 22.9. The number of amides is 2. The number of hydrogen-bond donors (Lipinski definition) is 1. The molecule has 0 fully saturated rings. The summed E-state index contributed by atoms with van der Waals surface area (Å²) in [4.78, 5) is 29.2. The molecule has 0 heterocycles. The maximum absolute atomic E-state index is 14.1. The molecule has 0 aliphatic heterocycles. The van der Waals surface area contributed by atoms with Crippen LogP contribution in [0.25, 0.3) is 0 Å². The van der Waals surface area contributed by atoms with Gasteiger partial charge in [0.2, 0.25) is 21.8 Å². The van der Waals surface area contributed by atoms with E-state index in [1.807, 2.05) is 69.3 Å². The summed E-state index contributed by atoms with van der Waals surface area (Å²) in [6.45, 7) is 5.94. The fourth-order valence-corrected chi connectivity index (χ4v) is 5.18. The van der Waals surface area contributed by atoms with Crippen LogP contribution in [0.5, 0.6) is 5.75 Å². The number of nitrogens with zero attached hydrogens (tertiary/aromatic N) is 2. The van der Waals surface area contributed by atoms with Gasteiger partial charge in [0.1, 0.15) is 18.3 Å². The maximum atomic E-state index is 14.1. The molecule has 2 amide bonds. The standard InChI is InChI=1S/C31H39N3O5S/c1-23(2)20-32-31(36)29(19-25-12-7-6-8-13-25)33(21-26-14-10-16-28(18-26)39-4)30(35)22-34(40(5,37)38)27-15-9-11-24(3)17-27/h6-18,23,29H,19-22H2,1-5H3,(H,32,36)/t29-/m1/s1. The topological polar surface area (TPSA) is 96.0 Å². The van der Waals surface area contributed by atoms with Crippen LogP contribution in [0.1, 0.15) is 30.5 Å². The molecule has 0 aromatic heterocycles. The second-order valence-corrected chi connectivity index (χ2v) is 12.2. The summed E-state index contributed by atoms with van der Waals surface area (Å²) in [5.74, 6) is 0.0443. The molecule has 1 atom stereocenters. The van der Waals surface area contributed by atoms with Crippen molar-refractivity contribution in [1.82, 2.24) is 10.2 Å². The van der Waals surface area contributed by atoms with Gasteiger partial charge in [0.05, 0.1) is 19.1 Å². The first-order valence-electron chi connectivity index (χ1n) is 13.3. The number of hydrogen-bond acceptors (Lipinski definition) is 5. The van der Waals surface area contributed by atoms with E-state index in [1.54, 1.807) is 37.4 Å². The van der Waals surface area contributed by atoms with E-state index in [1.165, 1.54) is 4.90 Å². The smallest absolute Gasteiger partial charge is 0.244 e. The minimum absolute atomic E-state index is 0.0913. The predicted molar refractivity (Wildman–Crippen MR) is 159 cm³/mol. The number of carbonyl (C=O) groups excluding carboxylic acids is 2. The van der Waals surface area contributed by atoms with Crippen LogP contribution in [0.4, 0.5) is 5.69 Å². The van der Waals surface area contributed by atoms with Gasteiger partial charge in [-0.25, -0.2) is 8.42 Å². The molecular weight excluding hydrogens is 526 g/mol. The highest BCUT2D eigenvalue weighted by atomic mass is 32.2. The van der Waals surface area contributed by atoms with Crippen molar-refractivity contribution in [2.75, 3.05) is 30.8 Å². The molecule has 0 bridgehead atoms. The van der Waals surface area contributed by atoms with Gasteiger partial charge in [-0.05, 0) is 53.8 Å². The lowest BCUT2D eigenvalue weighted by Gasteiger charge is -2.33. The molecule has 3 rings (SSSR count). The number of benzene rings is 3. The summed E-state index contributed by atoms with van der Waals surface area (Å²) >= 11 is 0. The lowest BCUT2D eigenvalue weighted by molar-refractivity contribution is -0.140. The quantitative estimate of drug-likeness (QED) is 0.336. The van der Waals surface area contributed by atoms with Gasteiger partial charge in [-0.2, -0.15) is 0 Å². The van der Waals surface area contributed by atoms with Crippen LogP contribution in [0.3, 0.4) is 0 Å². The van der Waals surface area contributed by atoms with Crippen LogP contribution < -0.4 is 14.4 Å². The molecule has 0 spiro atoms. The van der Waals surface area contributed by atoms with Gasteiger partial charge < -0.3 is 15.0 Å². The van der Waals surface area contributed by atoms with Crippen molar-refractivity contribution in [3.8, 4) is 5.75 Å². The molecule has 0 aliphatic rings. The average molecular weight is 566 g/mol. The van der Waals surface area contributed by atoms with Gasteiger partial charge in [0.25, 0.3) is 0 Å². The minimum Gasteiger partial charge on any atom is -0.497 e. The third kappa shape index (κ3) is 8.84. The van der Waals surface area contributed by atoms with Crippen molar-refractivity contribution >= 4 is 27.5 Å². The monoisotopic (exact) mass is 565 g/mol. The van der Waals surface area contributed by atoms with Gasteiger partial charge in [-0.3, -0.25) is 13.9 Å². The van der Waals surface area contributed by atoms with E-state index in [9.17, 15) is 18.0 Å². The molecule has 3 aromatic rings. The highest BCUT2D eigenvalue weighted by Gasteiger charge is 2.33. The summed E-state index contributed by atoms with van der Waals surface area (Å²) in [7, 11) is -2.25. The Morgan fingerprint density at radius 2 is 1.60 bits per heavy atom. The highest BCUT2D eigenvalue weighted by Crippen LogP contribution is 2.22. The fourth-order valence-electron chi connectivity index (χ4n) is 4.34. The van der Waals surface area contributed by atoms with Crippen molar-refractivity contribution in [1.29, 1.82) is 0 Å². The molecule has 0 saturated heterocycles. The Bertz CT molecular complexity index is 1390. The van der Waals surface area contributed by atoms with E-state index in [0.717, 1.165) is 27.3 Å². The number of anilines is 1. The molecule has 0 aliphatic carbocycles. The van der Waals surface area contributed by atoms with Crippen molar-refractivity contribution in [3.63, 3.8) is 0 Å². The summed E-state index contributed by atoms with van der Waals surface area (Å²) in [6.07, 6.45) is 1.34. The van der Waals surface area contributed by atoms with Gasteiger partial charge in [0, 0.05) is 19.5 Å². The number of aryl methyl sites for hydroxylation is 1. The third-order valence-electron chi connectivity index (χ3n) is 6.41. The Morgan fingerprint density at radius 3 is 2.23 bits per heavy atom. The molecule has 0 unspecified atom stereocenters. The molecule has 40 heavy (non-hydrogen) atoms. The van der Waals surface area contributed by atoms with E-state index in [4.69, 9.17) is 4.74 Å². The normalized spacial score (nSPS) is 12.1. The zero-order valence-electron chi connectivity index (χ0n) is 23.8. The molecule has 0 saturated carbocycles. The number of rotatable bonds is 13. The Balaban J connectivity index is 2.06. The first-order valence-corrected chi connectivity index (χ1v) is 15.1. The number of ether oxygens (including phenoxy) is 1. The van der Waals surface area contributed by atoms with Crippen molar-refractivity contribution in [2.24, 2.45) is 5.92 Å². The molecule has 3 aromatic carbocycles. The SMILES string of the molecule is COc1cccc(CN(C(=O)CN(c2cccc(C)c2)S(C)(=O)=O)[C@H](Cc2ccccc2)C(=O)NCC(C)C)c1. The van der Waals surface area contributed by atoms with Crippen LogP contribution >= 0.6 is 0 Å². The molecular formula is C31H39N3O5S. The Labute approximate surface area is 238 Å². The van der Waals surface area contributed by atoms with E-state index in [-0.39, 0.29) is 24.8 Å². The molecule has 9 heteroatoms. The third-order valence-corrected chi connectivity index (χ3v) is 7.55. The van der Waals surface area contributed by atoms with Crippen molar-refractivity contribution in [2.45, 2.75) is 39.8 Å². The van der Waals surface area contributed by atoms with Crippen molar-refractivity contribution in [3.05, 3.63) is 95.6 Å². The number of methoxy groups -OCH3 is 1. The van der Waals surface area contributed by atoms with Gasteiger partial charge in [-0.15, -0.1) is 0 Å². The van der Waals surface area contributed by atoms with E-state index >= 15 is 0 Å². The van der Waals surface area contributed by atoms with Crippen LogP contribution in [0, 0.1) is 12.8 Å². The van der Waals surface area contributed by atoms with E-state index in [0.29, 0.717) is 18.0 Å². The zero-order chi connectivity index (χ0) is 29.3. The van der Waals surface area contributed by atoms with E-state index < -0.39 is 28.5 Å². The minimum atomic E-state index is -3.81. The highest BCUT2D eigenvalue weighted by molar-refractivity contribution is 7.92. The number of sulfonamides is 1. The lowest BCUT2D eigenvalue weighted by Crippen LogP contribution is -2.53. The summed E-state index contributed by atoms with van der Waals surface area (Å²) < 4.78 is 32.2. The predicted octanol–water partition coefficient (Wildman–Crippen LogP) is 4.18. The van der Waals surface area contributed by atoms with E-state index in [2.05, 4.69) is 5.32 Å². The average Bonchev–Trinajstić information content (AvgIpc) is 2.92. The second-order valence-electron chi connectivity index (χ2n) is 10.3. The Hall–Kier alpha value is -3.85. The zero-order valence-corrected chi connectivity index (χ0v) is 24.6. The first kappa shape index (κ1) is 30.7. The molecule has 8 nitrogen and oxygen atoms in total. The van der Waals surface area contributed by atoms with Gasteiger partial charge in [0.15, 0.2) is 0 Å². The van der Waals surface area contributed by atoms with Crippen molar-refractivity contribution < 1.29 is 22.7 Å². The summed E-state index contributed by atoms with van der Waals surface area (Å²) in [5, 5.41) is 2.98. The number of carbonyl (C=O) groups is 2. The lowest BCUT2D eigenvalue weighted by atomic mass is 10.0. The Morgan fingerprint density at radius 1 is 0.925 bits per heavy atom. The van der Waals surface area contributed by atoms with Crippen LogP contribution in [-0.2, 0) is 32.6 Å². The van der Waals surface area contributed by atoms with Crippen LogP contribution in [0.2, 0.25) is 0 Å². The molecule has 0 radical (unpaired) electrons. The van der Waals surface area contributed by atoms with Gasteiger partial charge >= 0.3 is 0 Å².